The molecule has 1 heterocycles. The number of rotatable bonds is 7. The minimum Gasteiger partial charge on any atom is -0.306 e. The highest BCUT2D eigenvalue weighted by atomic mass is 32.2. The van der Waals surface area contributed by atoms with E-state index in [1.807, 2.05) is 6.20 Å². The molecule has 0 aromatic carbocycles. The van der Waals surface area contributed by atoms with Crippen LogP contribution in [0.2, 0.25) is 0 Å². The van der Waals surface area contributed by atoms with E-state index in [0.717, 1.165) is 5.69 Å². The van der Waals surface area contributed by atoms with Crippen molar-refractivity contribution in [1.82, 2.24) is 20.3 Å². The SMILES string of the molecule is CCS(=O)(=O)CCCn1cc(CNC(C)(C)C)nn1. The van der Waals surface area contributed by atoms with Crippen LogP contribution < -0.4 is 5.32 Å². The molecule has 1 aromatic rings. The third-order valence-corrected chi connectivity index (χ3v) is 4.46. The van der Waals surface area contributed by atoms with E-state index >= 15 is 0 Å². The largest absolute Gasteiger partial charge is 0.306 e. The van der Waals surface area contributed by atoms with Gasteiger partial charge in [-0.2, -0.15) is 0 Å². The molecule has 0 unspecified atom stereocenters. The molecule has 0 fully saturated rings. The van der Waals surface area contributed by atoms with Gasteiger partial charge in [0.25, 0.3) is 0 Å². The number of hydrogen-bond donors (Lipinski definition) is 1. The van der Waals surface area contributed by atoms with Crippen molar-refractivity contribution in [3.8, 4) is 0 Å². The second kappa shape index (κ2) is 6.47. The van der Waals surface area contributed by atoms with Crippen LogP contribution in [0.25, 0.3) is 0 Å². The van der Waals surface area contributed by atoms with Crippen molar-refractivity contribution in [2.24, 2.45) is 0 Å². The summed E-state index contributed by atoms with van der Waals surface area (Å²) < 4.78 is 24.4. The van der Waals surface area contributed by atoms with Crippen molar-refractivity contribution in [1.29, 1.82) is 0 Å². The molecule has 0 saturated carbocycles. The molecule has 19 heavy (non-hydrogen) atoms. The van der Waals surface area contributed by atoms with Gasteiger partial charge in [-0.15, -0.1) is 5.10 Å². The van der Waals surface area contributed by atoms with Crippen LogP contribution >= 0.6 is 0 Å². The van der Waals surface area contributed by atoms with Gasteiger partial charge in [-0.05, 0) is 27.2 Å². The smallest absolute Gasteiger partial charge is 0.150 e. The molecule has 0 saturated heterocycles. The Hall–Kier alpha value is -0.950. The molecule has 1 aromatic heterocycles. The fourth-order valence-electron chi connectivity index (χ4n) is 1.48. The fourth-order valence-corrected chi connectivity index (χ4v) is 2.33. The summed E-state index contributed by atoms with van der Waals surface area (Å²) in [5.74, 6) is 0.407. The predicted octanol–water partition coefficient (Wildman–Crippen LogP) is 0.991. The standard InChI is InChI=1S/C12H24N4O2S/c1-5-19(17,18)8-6-7-16-10-11(14-15-16)9-13-12(2,3)4/h10,13H,5-9H2,1-4H3. The predicted molar refractivity (Wildman–Crippen MR) is 75.6 cm³/mol. The molecule has 0 bridgehead atoms. The second-order valence-corrected chi connectivity index (χ2v) is 8.14. The molecule has 6 nitrogen and oxygen atoms in total. The van der Waals surface area contributed by atoms with Crippen LogP contribution in [-0.2, 0) is 22.9 Å². The van der Waals surface area contributed by atoms with Crippen LogP contribution in [0.5, 0.6) is 0 Å². The van der Waals surface area contributed by atoms with E-state index in [9.17, 15) is 8.42 Å². The van der Waals surface area contributed by atoms with Gasteiger partial charge < -0.3 is 5.32 Å². The number of nitrogens with one attached hydrogen (secondary N) is 1. The summed E-state index contributed by atoms with van der Waals surface area (Å²) in [6.07, 6.45) is 2.43. The third-order valence-electron chi connectivity index (χ3n) is 2.67. The van der Waals surface area contributed by atoms with Crippen molar-refractivity contribution in [2.45, 2.75) is 52.7 Å². The van der Waals surface area contributed by atoms with Crippen LogP contribution in [0.1, 0.15) is 39.8 Å². The Kier molecular flexibility index (Phi) is 5.49. The van der Waals surface area contributed by atoms with Gasteiger partial charge in [0.2, 0.25) is 0 Å². The molecule has 1 N–H and O–H groups in total. The van der Waals surface area contributed by atoms with E-state index in [2.05, 4.69) is 36.4 Å². The highest BCUT2D eigenvalue weighted by Gasteiger charge is 2.11. The van der Waals surface area contributed by atoms with Crippen molar-refractivity contribution in [3.05, 3.63) is 11.9 Å². The summed E-state index contributed by atoms with van der Waals surface area (Å²) >= 11 is 0. The molecule has 1 rings (SSSR count). The van der Waals surface area contributed by atoms with E-state index in [0.29, 0.717) is 19.5 Å². The summed E-state index contributed by atoms with van der Waals surface area (Å²) in [6, 6.07) is 0. The van der Waals surface area contributed by atoms with Crippen LogP contribution in [0.3, 0.4) is 0 Å². The lowest BCUT2D eigenvalue weighted by atomic mass is 10.1. The fraction of sp³-hybridized carbons (Fsp3) is 0.833. The van der Waals surface area contributed by atoms with Gasteiger partial charge >= 0.3 is 0 Å². The monoisotopic (exact) mass is 288 g/mol. The second-order valence-electron chi connectivity index (χ2n) is 5.67. The number of sulfone groups is 1. The maximum atomic E-state index is 11.4. The Morgan fingerprint density at radius 2 is 2.05 bits per heavy atom. The molecule has 0 radical (unpaired) electrons. The first-order valence-electron chi connectivity index (χ1n) is 6.56. The van der Waals surface area contributed by atoms with Gasteiger partial charge in [0.1, 0.15) is 9.84 Å². The lowest BCUT2D eigenvalue weighted by Gasteiger charge is -2.19. The normalized spacial score (nSPS) is 12.8. The van der Waals surface area contributed by atoms with Crippen LogP contribution in [-0.4, -0.2) is 40.5 Å². The molecule has 110 valence electrons. The zero-order valence-electron chi connectivity index (χ0n) is 12.2. The molecule has 0 aliphatic heterocycles. The average molecular weight is 288 g/mol. The average Bonchev–Trinajstić information content (AvgIpc) is 2.73. The Morgan fingerprint density at radius 3 is 2.63 bits per heavy atom. The number of nitrogens with zero attached hydrogens (tertiary/aromatic N) is 3. The molecule has 7 heteroatoms. The van der Waals surface area contributed by atoms with E-state index in [1.165, 1.54) is 0 Å². The van der Waals surface area contributed by atoms with Gasteiger partial charge in [0.15, 0.2) is 0 Å². The summed E-state index contributed by atoms with van der Waals surface area (Å²) in [5.41, 5.74) is 0.909. The van der Waals surface area contributed by atoms with E-state index in [4.69, 9.17) is 0 Å². The van der Waals surface area contributed by atoms with Gasteiger partial charge in [0.05, 0.1) is 11.4 Å². The first-order chi connectivity index (χ1) is 8.72. The number of hydrogen-bond acceptors (Lipinski definition) is 5. The first-order valence-corrected chi connectivity index (χ1v) is 8.38. The Bertz CT molecular complexity index is 488. The Balaban J connectivity index is 2.39. The van der Waals surface area contributed by atoms with Crippen molar-refractivity contribution >= 4 is 9.84 Å². The summed E-state index contributed by atoms with van der Waals surface area (Å²) in [4.78, 5) is 0. The first kappa shape index (κ1) is 16.1. The topological polar surface area (TPSA) is 76.9 Å². The Morgan fingerprint density at radius 1 is 1.37 bits per heavy atom. The summed E-state index contributed by atoms with van der Waals surface area (Å²) in [7, 11) is -2.89. The summed E-state index contributed by atoms with van der Waals surface area (Å²) in [5, 5.41) is 11.4. The van der Waals surface area contributed by atoms with Gasteiger partial charge in [-0.25, -0.2) is 8.42 Å². The molecule has 0 aliphatic carbocycles. The molecular weight excluding hydrogens is 264 g/mol. The highest BCUT2D eigenvalue weighted by Crippen LogP contribution is 2.02. The third kappa shape index (κ3) is 6.68. The van der Waals surface area contributed by atoms with Crippen LogP contribution in [0.4, 0.5) is 0 Å². The number of aromatic nitrogens is 3. The van der Waals surface area contributed by atoms with E-state index in [1.54, 1.807) is 11.6 Å². The zero-order chi connectivity index (χ0) is 14.5. The summed E-state index contributed by atoms with van der Waals surface area (Å²) in [6.45, 7) is 9.19. The van der Waals surface area contributed by atoms with Gasteiger partial charge in [-0.1, -0.05) is 12.1 Å². The maximum Gasteiger partial charge on any atom is 0.150 e. The van der Waals surface area contributed by atoms with E-state index in [-0.39, 0.29) is 17.0 Å². The van der Waals surface area contributed by atoms with Crippen molar-refractivity contribution < 1.29 is 8.42 Å². The minimum absolute atomic E-state index is 0.0407. The van der Waals surface area contributed by atoms with Crippen LogP contribution in [0, 0.1) is 0 Å². The molecule has 0 aliphatic rings. The molecular formula is C12H24N4O2S. The quantitative estimate of drug-likeness (QED) is 0.809. The van der Waals surface area contributed by atoms with Crippen molar-refractivity contribution in [2.75, 3.05) is 11.5 Å². The van der Waals surface area contributed by atoms with Gasteiger partial charge in [-0.3, -0.25) is 4.68 Å². The highest BCUT2D eigenvalue weighted by molar-refractivity contribution is 7.91. The minimum atomic E-state index is -2.89. The van der Waals surface area contributed by atoms with Gasteiger partial charge in [0, 0.05) is 30.6 Å². The van der Waals surface area contributed by atoms with Crippen molar-refractivity contribution in [3.63, 3.8) is 0 Å². The molecule has 0 spiro atoms. The van der Waals surface area contributed by atoms with Crippen LogP contribution in [0.15, 0.2) is 6.20 Å². The Labute approximate surface area is 115 Å². The zero-order valence-corrected chi connectivity index (χ0v) is 13.0. The maximum absolute atomic E-state index is 11.4. The number of aryl methyl sites for hydroxylation is 1. The molecule has 0 atom stereocenters. The van der Waals surface area contributed by atoms with E-state index < -0.39 is 9.84 Å². The molecule has 0 amide bonds. The lowest BCUT2D eigenvalue weighted by Crippen LogP contribution is -2.35. The lowest BCUT2D eigenvalue weighted by molar-refractivity contribution is 0.421.